The van der Waals surface area contributed by atoms with Crippen molar-refractivity contribution in [2.45, 2.75) is 18.9 Å². The third kappa shape index (κ3) is 2.80. The SMILES string of the molecule is COC[C@H]1CCCN1c1cc(-n2[nH]cc(-n3ccnn3)c2=O)ncn1. The molecule has 1 saturated heterocycles. The summed E-state index contributed by atoms with van der Waals surface area (Å²) in [4.78, 5) is 23.4. The van der Waals surface area contributed by atoms with Crippen molar-refractivity contribution in [2.75, 3.05) is 25.2 Å². The van der Waals surface area contributed by atoms with Gasteiger partial charge in [-0.1, -0.05) is 5.21 Å². The molecule has 1 fully saturated rings. The number of methoxy groups -OCH3 is 1. The number of aromatic amines is 1. The molecular weight excluding hydrogens is 324 g/mol. The monoisotopic (exact) mass is 342 g/mol. The molecule has 0 amide bonds. The first-order chi connectivity index (χ1) is 12.3. The van der Waals surface area contributed by atoms with Gasteiger partial charge in [0.05, 0.1) is 31.2 Å². The fraction of sp³-hybridized carbons (Fsp3) is 0.400. The second-order valence-corrected chi connectivity index (χ2v) is 5.83. The average molecular weight is 342 g/mol. The quantitative estimate of drug-likeness (QED) is 0.703. The van der Waals surface area contributed by atoms with Crippen molar-refractivity contribution in [2.24, 2.45) is 0 Å². The first-order valence-corrected chi connectivity index (χ1v) is 8.03. The number of anilines is 1. The highest BCUT2D eigenvalue weighted by molar-refractivity contribution is 5.45. The number of aromatic nitrogens is 7. The maximum Gasteiger partial charge on any atom is 0.298 e. The summed E-state index contributed by atoms with van der Waals surface area (Å²) in [6, 6.07) is 2.09. The summed E-state index contributed by atoms with van der Waals surface area (Å²) in [5, 5.41) is 10.5. The predicted octanol–water partition coefficient (Wildman–Crippen LogP) is 0.151. The topological polar surface area (TPSA) is 107 Å². The normalized spacial score (nSPS) is 17.3. The standard InChI is InChI=1S/C15H18N8O2/c1-25-9-11-3-2-5-21(11)13-7-14(17-10-16-13)23-15(24)12(8-19-23)22-6-4-18-20-22/h4,6-8,10-11,19H,2-3,5,9H2,1H3/t11-/m1/s1. The molecule has 0 aliphatic carbocycles. The van der Waals surface area contributed by atoms with E-state index in [1.165, 1.54) is 21.9 Å². The molecule has 25 heavy (non-hydrogen) atoms. The minimum Gasteiger partial charge on any atom is -0.383 e. The van der Waals surface area contributed by atoms with Crippen LogP contribution < -0.4 is 10.5 Å². The molecular formula is C15H18N8O2. The van der Waals surface area contributed by atoms with Crippen molar-refractivity contribution in [3.05, 3.63) is 41.3 Å². The molecule has 0 spiro atoms. The zero-order valence-corrected chi connectivity index (χ0v) is 13.7. The minimum atomic E-state index is -0.259. The highest BCUT2D eigenvalue weighted by atomic mass is 16.5. The highest BCUT2D eigenvalue weighted by Gasteiger charge is 2.26. The Kier molecular flexibility index (Phi) is 4.02. The van der Waals surface area contributed by atoms with Crippen molar-refractivity contribution < 1.29 is 4.74 Å². The van der Waals surface area contributed by atoms with Crippen LogP contribution in [0.4, 0.5) is 5.82 Å². The van der Waals surface area contributed by atoms with Crippen LogP contribution in [0.1, 0.15) is 12.8 Å². The van der Waals surface area contributed by atoms with Crippen molar-refractivity contribution in [3.63, 3.8) is 0 Å². The summed E-state index contributed by atoms with van der Waals surface area (Å²) in [5.41, 5.74) is 0.112. The zero-order valence-electron chi connectivity index (χ0n) is 13.7. The molecule has 0 saturated carbocycles. The van der Waals surface area contributed by atoms with Gasteiger partial charge in [0.15, 0.2) is 11.5 Å². The lowest BCUT2D eigenvalue weighted by atomic mass is 10.2. The summed E-state index contributed by atoms with van der Waals surface area (Å²) in [6.07, 6.45) is 8.32. The maximum absolute atomic E-state index is 12.6. The van der Waals surface area contributed by atoms with Crippen molar-refractivity contribution in [1.29, 1.82) is 0 Å². The van der Waals surface area contributed by atoms with Crippen LogP contribution in [0.3, 0.4) is 0 Å². The molecule has 3 aromatic rings. The van der Waals surface area contributed by atoms with E-state index >= 15 is 0 Å². The van der Waals surface area contributed by atoms with Crippen LogP contribution in [0.2, 0.25) is 0 Å². The first kappa shape index (κ1) is 15.5. The summed E-state index contributed by atoms with van der Waals surface area (Å²) in [7, 11) is 1.70. The molecule has 0 aromatic carbocycles. The van der Waals surface area contributed by atoms with Crippen LogP contribution in [-0.4, -0.2) is 61.0 Å². The molecule has 1 aliphatic heterocycles. The Balaban J connectivity index is 1.68. The van der Waals surface area contributed by atoms with Crippen LogP contribution in [-0.2, 0) is 4.74 Å². The molecule has 1 N–H and O–H groups in total. The van der Waals surface area contributed by atoms with E-state index < -0.39 is 0 Å². The predicted molar refractivity (Wildman–Crippen MR) is 89.1 cm³/mol. The highest BCUT2D eigenvalue weighted by Crippen LogP contribution is 2.24. The summed E-state index contributed by atoms with van der Waals surface area (Å²) in [6.45, 7) is 1.56. The molecule has 3 aromatic heterocycles. The zero-order chi connectivity index (χ0) is 17.2. The van der Waals surface area contributed by atoms with Crippen molar-refractivity contribution in [1.82, 2.24) is 34.7 Å². The van der Waals surface area contributed by atoms with E-state index in [4.69, 9.17) is 4.74 Å². The molecule has 1 atom stereocenters. The minimum absolute atomic E-state index is 0.259. The van der Waals surface area contributed by atoms with Gasteiger partial charge in [0.25, 0.3) is 5.56 Å². The number of hydrogen-bond acceptors (Lipinski definition) is 7. The van der Waals surface area contributed by atoms with Crippen LogP contribution in [0.25, 0.3) is 11.5 Å². The van der Waals surface area contributed by atoms with Gasteiger partial charge in [-0.15, -0.1) is 5.10 Å². The molecule has 0 bridgehead atoms. The van der Waals surface area contributed by atoms with E-state index in [2.05, 4.69) is 30.3 Å². The Morgan fingerprint density at radius 2 is 2.24 bits per heavy atom. The summed E-state index contributed by atoms with van der Waals surface area (Å²) >= 11 is 0. The fourth-order valence-corrected chi connectivity index (χ4v) is 3.15. The smallest absolute Gasteiger partial charge is 0.298 e. The number of nitrogens with zero attached hydrogens (tertiary/aromatic N) is 7. The maximum atomic E-state index is 12.6. The average Bonchev–Trinajstić information content (AvgIpc) is 3.35. The van der Waals surface area contributed by atoms with Gasteiger partial charge in [-0.05, 0) is 12.8 Å². The Bertz CT molecular complexity index is 900. The lowest BCUT2D eigenvalue weighted by Crippen LogP contribution is -2.33. The van der Waals surface area contributed by atoms with E-state index in [-0.39, 0.29) is 5.56 Å². The van der Waals surface area contributed by atoms with Crippen LogP contribution >= 0.6 is 0 Å². The Hall–Kier alpha value is -3.01. The molecule has 130 valence electrons. The number of H-pyrrole nitrogens is 1. The largest absolute Gasteiger partial charge is 0.383 e. The van der Waals surface area contributed by atoms with Gasteiger partial charge >= 0.3 is 0 Å². The first-order valence-electron chi connectivity index (χ1n) is 8.03. The van der Waals surface area contributed by atoms with Gasteiger partial charge in [-0.2, -0.15) is 4.68 Å². The van der Waals surface area contributed by atoms with Gasteiger partial charge in [0, 0.05) is 19.7 Å². The molecule has 4 rings (SSSR count). The van der Waals surface area contributed by atoms with E-state index in [1.807, 2.05) is 0 Å². The molecule has 1 aliphatic rings. The summed E-state index contributed by atoms with van der Waals surface area (Å²) in [5.74, 6) is 1.26. The van der Waals surface area contributed by atoms with Gasteiger partial charge in [0.1, 0.15) is 12.1 Å². The number of ether oxygens (including phenoxy) is 1. The Morgan fingerprint density at radius 3 is 3.04 bits per heavy atom. The van der Waals surface area contributed by atoms with Crippen molar-refractivity contribution in [3.8, 4) is 11.5 Å². The number of hydrogen-bond donors (Lipinski definition) is 1. The molecule has 0 radical (unpaired) electrons. The fourth-order valence-electron chi connectivity index (χ4n) is 3.15. The Labute approximate surface area is 143 Å². The molecule has 10 nitrogen and oxygen atoms in total. The molecule has 4 heterocycles. The lowest BCUT2D eigenvalue weighted by Gasteiger charge is -2.25. The Morgan fingerprint density at radius 1 is 1.36 bits per heavy atom. The third-order valence-corrected chi connectivity index (χ3v) is 4.32. The van der Waals surface area contributed by atoms with E-state index in [1.54, 1.807) is 25.6 Å². The summed E-state index contributed by atoms with van der Waals surface area (Å²) < 4.78 is 8.07. The van der Waals surface area contributed by atoms with E-state index in [9.17, 15) is 4.79 Å². The van der Waals surface area contributed by atoms with E-state index in [0.717, 1.165) is 25.2 Å². The van der Waals surface area contributed by atoms with Gasteiger partial charge in [0.2, 0.25) is 0 Å². The number of nitrogens with one attached hydrogen (secondary N) is 1. The second kappa shape index (κ2) is 6.48. The lowest BCUT2D eigenvalue weighted by molar-refractivity contribution is 0.180. The second-order valence-electron chi connectivity index (χ2n) is 5.83. The number of rotatable bonds is 5. The van der Waals surface area contributed by atoms with E-state index in [0.29, 0.717) is 24.2 Å². The van der Waals surface area contributed by atoms with Gasteiger partial charge in [-0.3, -0.25) is 9.89 Å². The van der Waals surface area contributed by atoms with Gasteiger partial charge < -0.3 is 9.64 Å². The molecule has 0 unspecified atom stereocenters. The van der Waals surface area contributed by atoms with Gasteiger partial charge in [-0.25, -0.2) is 14.6 Å². The van der Waals surface area contributed by atoms with Crippen LogP contribution in [0, 0.1) is 0 Å². The van der Waals surface area contributed by atoms with Crippen LogP contribution in [0.5, 0.6) is 0 Å². The molecule has 10 heteroatoms. The third-order valence-electron chi connectivity index (χ3n) is 4.32. The van der Waals surface area contributed by atoms with Crippen LogP contribution in [0.15, 0.2) is 35.8 Å². The van der Waals surface area contributed by atoms with Crippen molar-refractivity contribution >= 4 is 5.82 Å².